The Labute approximate surface area is 102 Å². The lowest BCUT2D eigenvalue weighted by Gasteiger charge is -2.13. The summed E-state index contributed by atoms with van der Waals surface area (Å²) in [6.07, 6.45) is 0.515. The Morgan fingerprint density at radius 3 is 2.53 bits per heavy atom. The van der Waals surface area contributed by atoms with Crippen LogP contribution in [-0.4, -0.2) is 26.7 Å². The zero-order valence-corrected chi connectivity index (χ0v) is 10.1. The van der Waals surface area contributed by atoms with Crippen LogP contribution in [-0.2, 0) is 16.9 Å². The molecule has 5 nitrogen and oxygen atoms in total. The fourth-order valence-electron chi connectivity index (χ4n) is 1.17. The van der Waals surface area contributed by atoms with Gasteiger partial charge in [0.15, 0.2) is 0 Å². The van der Waals surface area contributed by atoms with Crippen molar-refractivity contribution >= 4 is 34.8 Å². The lowest BCUT2D eigenvalue weighted by Crippen LogP contribution is -2.16. The number of aliphatic hydroxyl groups excluding tert-OH is 1. The lowest BCUT2D eigenvalue weighted by molar-refractivity contribution is 0.275. The number of aliphatic hydroxyl groups is 1. The number of rotatable bonds is 4. The van der Waals surface area contributed by atoms with E-state index in [2.05, 4.69) is 10.3 Å². The second-order valence-electron chi connectivity index (χ2n) is 2.89. The van der Waals surface area contributed by atoms with Crippen LogP contribution in [0.3, 0.4) is 0 Å². The van der Waals surface area contributed by atoms with Crippen molar-refractivity contribution in [2.75, 3.05) is 6.61 Å². The minimum atomic E-state index is -1.60. The Morgan fingerprint density at radius 1 is 1.40 bits per heavy atom. The number of halogens is 3. The Balaban J connectivity index is 3.01. The smallest absolute Gasteiger partial charge is 0.234 e. The number of hydrogen-bond acceptors (Lipinski definition) is 4. The topological polar surface area (TPSA) is 77.0 Å². The highest BCUT2D eigenvalue weighted by Crippen LogP contribution is 2.39. The summed E-state index contributed by atoms with van der Waals surface area (Å²) in [4.78, 5) is 0. The van der Waals surface area contributed by atoms with Gasteiger partial charge in [-0.1, -0.05) is 40.0 Å². The normalized spacial score (nSPS) is 12.1. The predicted octanol–water partition coefficient (Wildman–Crippen LogP) is 0.946. The van der Waals surface area contributed by atoms with Gasteiger partial charge >= 0.3 is 0 Å². The van der Waals surface area contributed by atoms with Crippen molar-refractivity contribution in [2.24, 2.45) is 5.73 Å². The Bertz CT molecular complexity index is 323. The Kier molecular flexibility index (Phi) is 4.61. The summed E-state index contributed by atoms with van der Waals surface area (Å²) in [7, 11) is 0. The first-order valence-electron chi connectivity index (χ1n) is 4.31. The lowest BCUT2D eigenvalue weighted by atomic mass is 10.3. The van der Waals surface area contributed by atoms with Crippen LogP contribution in [0.1, 0.15) is 17.8 Å². The third-order valence-corrected chi connectivity index (χ3v) is 2.33. The van der Waals surface area contributed by atoms with Crippen molar-refractivity contribution in [3.63, 3.8) is 0 Å². The Hall–Kier alpha value is -0.0700. The van der Waals surface area contributed by atoms with E-state index in [4.69, 9.17) is 45.6 Å². The molecule has 1 aromatic rings. The number of hydrogen-bond donors (Lipinski definition) is 2. The van der Waals surface area contributed by atoms with Crippen molar-refractivity contribution in [2.45, 2.75) is 23.3 Å². The quantitative estimate of drug-likeness (QED) is 0.801. The summed E-state index contributed by atoms with van der Waals surface area (Å²) in [6, 6.07) is 0. The summed E-state index contributed by atoms with van der Waals surface area (Å²) < 4.78 is -0.154. The monoisotopic (exact) mass is 272 g/mol. The van der Waals surface area contributed by atoms with Crippen molar-refractivity contribution < 1.29 is 5.11 Å². The molecule has 86 valence electrons. The second-order valence-corrected chi connectivity index (χ2v) is 5.17. The summed E-state index contributed by atoms with van der Waals surface area (Å²) in [6.45, 7) is 0.631. The van der Waals surface area contributed by atoms with Gasteiger partial charge in [0.25, 0.3) is 0 Å². The predicted molar refractivity (Wildman–Crippen MR) is 58.9 cm³/mol. The molecule has 0 fully saturated rings. The van der Waals surface area contributed by atoms with Crippen LogP contribution in [0.2, 0.25) is 0 Å². The standard InChI is InChI=1S/C7H11Cl3N4O/c8-7(9,10)6-5(4-11)12-13-14(6)2-1-3-15/h15H,1-4,11H2. The molecule has 0 aliphatic heterocycles. The highest BCUT2D eigenvalue weighted by atomic mass is 35.6. The van der Waals surface area contributed by atoms with E-state index in [0.29, 0.717) is 24.4 Å². The van der Waals surface area contributed by atoms with E-state index < -0.39 is 3.79 Å². The van der Waals surface area contributed by atoms with Gasteiger partial charge in [-0.2, -0.15) is 0 Å². The van der Waals surface area contributed by atoms with Gasteiger partial charge in [0, 0.05) is 19.7 Å². The first kappa shape index (κ1) is 13.0. The molecule has 0 saturated heterocycles. The van der Waals surface area contributed by atoms with Crippen molar-refractivity contribution in [3.05, 3.63) is 11.4 Å². The molecule has 15 heavy (non-hydrogen) atoms. The van der Waals surface area contributed by atoms with E-state index >= 15 is 0 Å². The molecule has 0 spiro atoms. The van der Waals surface area contributed by atoms with Crippen LogP contribution in [0.15, 0.2) is 0 Å². The SMILES string of the molecule is NCc1nnn(CCCO)c1C(Cl)(Cl)Cl. The largest absolute Gasteiger partial charge is 0.396 e. The molecule has 1 rings (SSSR count). The van der Waals surface area contributed by atoms with Gasteiger partial charge in [0.1, 0.15) is 11.4 Å². The van der Waals surface area contributed by atoms with E-state index in [0.717, 1.165) is 0 Å². The molecular formula is C7H11Cl3N4O. The average Bonchev–Trinajstić information content (AvgIpc) is 2.56. The zero-order valence-electron chi connectivity index (χ0n) is 7.83. The second kappa shape index (κ2) is 5.32. The van der Waals surface area contributed by atoms with Gasteiger partial charge in [0.2, 0.25) is 3.79 Å². The third kappa shape index (κ3) is 3.19. The molecule has 8 heteroatoms. The molecule has 0 amide bonds. The van der Waals surface area contributed by atoms with Gasteiger partial charge in [-0.3, -0.25) is 0 Å². The van der Waals surface area contributed by atoms with Gasteiger partial charge in [-0.15, -0.1) is 5.10 Å². The number of nitrogens with zero attached hydrogens (tertiary/aromatic N) is 3. The molecule has 0 unspecified atom stereocenters. The molecular weight excluding hydrogens is 262 g/mol. The van der Waals surface area contributed by atoms with Crippen LogP contribution in [0.5, 0.6) is 0 Å². The fraction of sp³-hybridized carbons (Fsp3) is 0.714. The number of alkyl halides is 3. The molecule has 0 radical (unpaired) electrons. The van der Waals surface area contributed by atoms with Crippen molar-refractivity contribution in [1.29, 1.82) is 0 Å². The number of nitrogens with two attached hydrogens (primary N) is 1. The highest BCUT2D eigenvalue weighted by Gasteiger charge is 2.31. The molecule has 0 atom stereocenters. The van der Waals surface area contributed by atoms with Crippen LogP contribution >= 0.6 is 34.8 Å². The van der Waals surface area contributed by atoms with Gasteiger partial charge < -0.3 is 10.8 Å². The zero-order chi connectivity index (χ0) is 11.5. The minimum Gasteiger partial charge on any atom is -0.396 e. The molecule has 0 bridgehead atoms. The van der Waals surface area contributed by atoms with E-state index in [-0.39, 0.29) is 13.2 Å². The van der Waals surface area contributed by atoms with E-state index in [1.165, 1.54) is 4.68 Å². The summed E-state index contributed by atoms with van der Waals surface area (Å²) in [5.74, 6) is 0. The third-order valence-electron chi connectivity index (χ3n) is 1.79. The van der Waals surface area contributed by atoms with Crippen LogP contribution in [0.4, 0.5) is 0 Å². The summed E-state index contributed by atoms with van der Waals surface area (Å²) in [5, 5.41) is 16.3. The molecule has 1 aromatic heterocycles. The van der Waals surface area contributed by atoms with E-state index in [9.17, 15) is 0 Å². The Morgan fingerprint density at radius 2 is 2.07 bits per heavy atom. The first-order valence-corrected chi connectivity index (χ1v) is 5.44. The first-order chi connectivity index (χ1) is 7.00. The highest BCUT2D eigenvalue weighted by molar-refractivity contribution is 6.66. The maximum absolute atomic E-state index is 8.70. The van der Waals surface area contributed by atoms with Gasteiger partial charge in [0.05, 0.1) is 0 Å². The van der Waals surface area contributed by atoms with Crippen LogP contribution in [0, 0.1) is 0 Å². The summed E-state index contributed by atoms with van der Waals surface area (Å²) in [5.41, 5.74) is 6.26. The molecule has 0 aromatic carbocycles. The van der Waals surface area contributed by atoms with Gasteiger partial charge in [-0.25, -0.2) is 4.68 Å². The number of aromatic nitrogens is 3. The van der Waals surface area contributed by atoms with Crippen molar-refractivity contribution in [1.82, 2.24) is 15.0 Å². The average molecular weight is 274 g/mol. The fourth-order valence-corrected chi connectivity index (χ4v) is 1.79. The molecule has 0 saturated carbocycles. The van der Waals surface area contributed by atoms with Gasteiger partial charge in [-0.05, 0) is 6.42 Å². The van der Waals surface area contributed by atoms with Crippen LogP contribution < -0.4 is 5.73 Å². The van der Waals surface area contributed by atoms with Crippen LogP contribution in [0.25, 0.3) is 0 Å². The molecule has 0 aliphatic rings. The number of aryl methyl sites for hydroxylation is 1. The van der Waals surface area contributed by atoms with E-state index in [1.807, 2.05) is 0 Å². The molecule has 1 heterocycles. The van der Waals surface area contributed by atoms with E-state index in [1.54, 1.807) is 0 Å². The van der Waals surface area contributed by atoms with Crippen molar-refractivity contribution in [3.8, 4) is 0 Å². The maximum Gasteiger partial charge on any atom is 0.234 e. The summed E-state index contributed by atoms with van der Waals surface area (Å²) >= 11 is 17.3. The molecule has 0 aliphatic carbocycles. The minimum absolute atomic E-state index is 0.0388. The maximum atomic E-state index is 8.70. The molecule has 3 N–H and O–H groups in total.